The fourth-order valence-electron chi connectivity index (χ4n) is 4.00. The Morgan fingerprint density at radius 2 is 2.07 bits per heavy atom. The number of aromatic nitrogens is 1. The number of nitro groups is 1. The Kier molecular flexibility index (Phi) is 5.62. The summed E-state index contributed by atoms with van der Waals surface area (Å²) in [6.45, 7) is 7.53. The zero-order chi connectivity index (χ0) is 20.5. The third-order valence-corrected chi connectivity index (χ3v) is 6.96. The van der Waals surface area contributed by atoms with Gasteiger partial charge in [0.1, 0.15) is 0 Å². The van der Waals surface area contributed by atoms with Crippen molar-refractivity contribution in [3.63, 3.8) is 0 Å². The summed E-state index contributed by atoms with van der Waals surface area (Å²) in [4.78, 5) is 30.6. The third-order valence-electron chi connectivity index (χ3n) is 5.04. The number of thiazole rings is 1. The highest BCUT2D eigenvalue weighted by Gasteiger charge is 2.22. The van der Waals surface area contributed by atoms with Crippen molar-refractivity contribution in [3.05, 3.63) is 50.3 Å². The van der Waals surface area contributed by atoms with Crippen LogP contribution in [-0.4, -0.2) is 33.8 Å². The van der Waals surface area contributed by atoms with Crippen LogP contribution in [0.25, 0.3) is 10.1 Å². The molecule has 2 aromatic heterocycles. The van der Waals surface area contributed by atoms with Crippen molar-refractivity contribution in [2.75, 3.05) is 18.4 Å². The minimum absolute atomic E-state index is 0.0215. The summed E-state index contributed by atoms with van der Waals surface area (Å²) >= 11 is 2.74. The van der Waals surface area contributed by atoms with E-state index < -0.39 is 4.92 Å². The van der Waals surface area contributed by atoms with Crippen LogP contribution < -0.4 is 5.32 Å². The van der Waals surface area contributed by atoms with Gasteiger partial charge in [0.25, 0.3) is 11.6 Å². The van der Waals surface area contributed by atoms with Crippen LogP contribution in [0, 0.1) is 22.0 Å². The van der Waals surface area contributed by atoms with Crippen molar-refractivity contribution in [1.29, 1.82) is 0 Å². The van der Waals surface area contributed by atoms with Gasteiger partial charge in [0.15, 0.2) is 5.13 Å². The van der Waals surface area contributed by atoms with Crippen LogP contribution in [0.3, 0.4) is 0 Å². The lowest BCUT2D eigenvalue weighted by molar-refractivity contribution is -0.384. The van der Waals surface area contributed by atoms with Gasteiger partial charge in [-0.2, -0.15) is 0 Å². The standard InChI is InChI=1S/C20H22N4O3S2/c1-12-5-13(2)9-23(8-12)10-15-11-28-20(21-15)22-19(25)18-7-14-6-16(24(26)27)3-4-17(14)29-18/h3-4,6-7,11-13H,5,8-10H2,1-2H3,(H,21,22,25). The van der Waals surface area contributed by atoms with E-state index in [1.54, 1.807) is 12.1 Å². The van der Waals surface area contributed by atoms with Gasteiger partial charge >= 0.3 is 0 Å². The van der Waals surface area contributed by atoms with Crippen molar-refractivity contribution in [2.24, 2.45) is 11.8 Å². The van der Waals surface area contributed by atoms with E-state index in [9.17, 15) is 14.9 Å². The van der Waals surface area contributed by atoms with Gasteiger partial charge < -0.3 is 0 Å². The first kappa shape index (κ1) is 19.9. The van der Waals surface area contributed by atoms with Crippen molar-refractivity contribution >= 4 is 49.5 Å². The Morgan fingerprint density at radius 3 is 2.79 bits per heavy atom. The average Bonchev–Trinajstić information content (AvgIpc) is 3.26. The number of amides is 1. The number of benzene rings is 1. The van der Waals surface area contributed by atoms with Crippen LogP contribution in [0.2, 0.25) is 0 Å². The maximum atomic E-state index is 12.6. The number of nitrogens with zero attached hydrogens (tertiary/aromatic N) is 3. The molecule has 152 valence electrons. The Hall–Kier alpha value is -2.36. The maximum Gasteiger partial charge on any atom is 0.270 e. The predicted molar refractivity (Wildman–Crippen MR) is 117 cm³/mol. The van der Waals surface area contributed by atoms with E-state index in [1.807, 2.05) is 5.38 Å². The smallest absolute Gasteiger partial charge is 0.270 e. The third kappa shape index (κ3) is 4.63. The summed E-state index contributed by atoms with van der Waals surface area (Å²) in [6.07, 6.45) is 1.27. The summed E-state index contributed by atoms with van der Waals surface area (Å²) in [5.41, 5.74) is 0.992. The van der Waals surface area contributed by atoms with Crippen LogP contribution in [0.1, 0.15) is 35.6 Å². The first-order valence-electron chi connectivity index (χ1n) is 9.53. The van der Waals surface area contributed by atoms with Crippen molar-refractivity contribution < 1.29 is 9.72 Å². The maximum absolute atomic E-state index is 12.6. The molecule has 1 saturated heterocycles. The minimum atomic E-state index is -0.433. The van der Waals surface area contributed by atoms with Gasteiger partial charge in [-0.1, -0.05) is 13.8 Å². The van der Waals surface area contributed by atoms with E-state index in [2.05, 4.69) is 29.0 Å². The molecule has 0 aliphatic carbocycles. The zero-order valence-corrected chi connectivity index (χ0v) is 17.9. The highest BCUT2D eigenvalue weighted by Crippen LogP contribution is 2.30. The SMILES string of the molecule is CC1CC(C)CN(Cc2csc(NC(=O)c3cc4cc([N+](=O)[O-])ccc4s3)n2)C1. The van der Waals surface area contributed by atoms with E-state index >= 15 is 0 Å². The molecule has 0 radical (unpaired) electrons. The molecule has 0 bridgehead atoms. The number of rotatable bonds is 5. The van der Waals surface area contributed by atoms with Crippen LogP contribution in [0.5, 0.6) is 0 Å². The fourth-order valence-corrected chi connectivity index (χ4v) is 5.64. The monoisotopic (exact) mass is 430 g/mol. The number of hydrogen-bond acceptors (Lipinski definition) is 7. The summed E-state index contributed by atoms with van der Waals surface area (Å²) < 4.78 is 0.842. The molecule has 7 nitrogen and oxygen atoms in total. The molecule has 0 saturated carbocycles. The number of likely N-dealkylation sites (tertiary alicyclic amines) is 1. The fraction of sp³-hybridized carbons (Fsp3) is 0.400. The summed E-state index contributed by atoms with van der Waals surface area (Å²) in [5.74, 6) is 1.15. The predicted octanol–water partition coefficient (Wildman–Crippen LogP) is 5.00. The molecule has 1 N–H and O–H groups in total. The van der Waals surface area contributed by atoms with Crippen LogP contribution in [0.4, 0.5) is 10.8 Å². The van der Waals surface area contributed by atoms with E-state index in [0.717, 1.165) is 30.0 Å². The van der Waals surface area contributed by atoms with E-state index in [0.29, 0.717) is 27.2 Å². The van der Waals surface area contributed by atoms with Crippen molar-refractivity contribution in [2.45, 2.75) is 26.8 Å². The van der Waals surface area contributed by atoms with Gasteiger partial charge in [-0.3, -0.25) is 25.1 Å². The van der Waals surface area contributed by atoms with Crippen molar-refractivity contribution in [1.82, 2.24) is 9.88 Å². The van der Waals surface area contributed by atoms with Crippen LogP contribution in [-0.2, 0) is 6.54 Å². The zero-order valence-electron chi connectivity index (χ0n) is 16.3. The van der Waals surface area contributed by atoms with E-state index in [-0.39, 0.29) is 11.6 Å². The molecule has 1 fully saturated rings. The highest BCUT2D eigenvalue weighted by molar-refractivity contribution is 7.21. The number of anilines is 1. The number of piperidine rings is 1. The molecule has 0 spiro atoms. The molecule has 3 aromatic rings. The molecular formula is C20H22N4O3S2. The quantitative estimate of drug-likeness (QED) is 0.455. The molecule has 9 heteroatoms. The average molecular weight is 431 g/mol. The number of thiophene rings is 1. The molecule has 29 heavy (non-hydrogen) atoms. The molecule has 1 aliphatic rings. The van der Waals surface area contributed by atoms with E-state index in [1.165, 1.54) is 41.2 Å². The first-order valence-corrected chi connectivity index (χ1v) is 11.2. The van der Waals surface area contributed by atoms with Crippen LogP contribution in [0.15, 0.2) is 29.6 Å². The van der Waals surface area contributed by atoms with Gasteiger partial charge in [0.05, 0.1) is 15.5 Å². The minimum Gasteiger partial charge on any atom is -0.297 e. The molecule has 2 unspecified atom stereocenters. The van der Waals surface area contributed by atoms with Gasteiger partial charge in [0.2, 0.25) is 0 Å². The lowest BCUT2D eigenvalue weighted by Crippen LogP contribution is -2.38. The molecule has 1 aliphatic heterocycles. The van der Waals surface area contributed by atoms with E-state index in [4.69, 9.17) is 0 Å². The Balaban J connectivity index is 1.42. The second-order valence-electron chi connectivity index (χ2n) is 7.83. The second-order valence-corrected chi connectivity index (χ2v) is 9.77. The highest BCUT2D eigenvalue weighted by atomic mass is 32.1. The Morgan fingerprint density at radius 1 is 1.31 bits per heavy atom. The lowest BCUT2D eigenvalue weighted by atomic mass is 9.92. The number of non-ortho nitro benzene ring substituents is 1. The molecule has 1 amide bonds. The Bertz CT molecular complexity index is 1050. The Labute approximate surface area is 176 Å². The largest absolute Gasteiger partial charge is 0.297 e. The second kappa shape index (κ2) is 8.17. The summed E-state index contributed by atoms with van der Waals surface area (Å²) in [7, 11) is 0. The molecule has 1 aromatic carbocycles. The molecular weight excluding hydrogens is 408 g/mol. The van der Waals surface area contributed by atoms with Gasteiger partial charge in [0, 0.05) is 47.2 Å². The topological polar surface area (TPSA) is 88.4 Å². The molecule has 4 rings (SSSR count). The lowest BCUT2D eigenvalue weighted by Gasteiger charge is -2.34. The van der Waals surface area contributed by atoms with Gasteiger partial charge in [-0.05, 0) is 30.4 Å². The number of fused-ring (bicyclic) bond motifs is 1. The van der Waals surface area contributed by atoms with Crippen molar-refractivity contribution in [3.8, 4) is 0 Å². The number of carbonyl (C=O) groups is 1. The number of nitrogens with one attached hydrogen (secondary N) is 1. The number of nitro benzene ring substituents is 1. The summed E-state index contributed by atoms with van der Waals surface area (Å²) in [6, 6.07) is 6.31. The normalized spacial score (nSPS) is 20.1. The molecule has 3 heterocycles. The van der Waals surface area contributed by atoms with Crippen LogP contribution >= 0.6 is 22.7 Å². The van der Waals surface area contributed by atoms with Gasteiger partial charge in [-0.15, -0.1) is 22.7 Å². The first-order chi connectivity index (χ1) is 13.9. The summed E-state index contributed by atoms with van der Waals surface area (Å²) in [5, 5.41) is 17.1. The molecule has 2 atom stereocenters. The van der Waals surface area contributed by atoms with Gasteiger partial charge in [-0.25, -0.2) is 4.98 Å². The number of hydrogen-bond donors (Lipinski definition) is 1. The number of carbonyl (C=O) groups excluding carboxylic acids is 1.